The van der Waals surface area contributed by atoms with Gasteiger partial charge in [-0.1, -0.05) is 30.3 Å². The summed E-state index contributed by atoms with van der Waals surface area (Å²) < 4.78 is 0. The van der Waals surface area contributed by atoms with Crippen molar-refractivity contribution < 1.29 is 9.90 Å². The summed E-state index contributed by atoms with van der Waals surface area (Å²) in [6.07, 6.45) is 4.99. The van der Waals surface area contributed by atoms with E-state index in [0.717, 1.165) is 11.3 Å². The first-order valence-corrected chi connectivity index (χ1v) is 8.95. The van der Waals surface area contributed by atoms with Crippen molar-refractivity contribution in [3.8, 4) is 5.75 Å². The number of hydrogen-bond donors (Lipinski definition) is 1. The summed E-state index contributed by atoms with van der Waals surface area (Å²) in [4.78, 5) is 18.7. The number of allylic oxidation sites excluding steroid dienone is 1. The molecule has 0 spiro atoms. The van der Waals surface area contributed by atoms with Gasteiger partial charge in [-0.05, 0) is 60.2 Å². The monoisotopic (exact) mass is 370 g/mol. The molecule has 4 nitrogen and oxygen atoms in total. The summed E-state index contributed by atoms with van der Waals surface area (Å²) >= 11 is 0. The fourth-order valence-corrected chi connectivity index (χ4v) is 2.60. The molecule has 0 radical (unpaired) electrons. The van der Waals surface area contributed by atoms with Crippen molar-refractivity contribution in [1.82, 2.24) is 0 Å². The first-order valence-electron chi connectivity index (χ1n) is 8.95. The third-order valence-corrected chi connectivity index (χ3v) is 4.28. The summed E-state index contributed by atoms with van der Waals surface area (Å²) in [6, 6.07) is 22.1. The minimum atomic E-state index is -0.0621. The third-order valence-electron chi connectivity index (χ3n) is 4.28. The highest BCUT2D eigenvalue weighted by molar-refractivity contribution is 6.07. The van der Waals surface area contributed by atoms with Gasteiger partial charge in [0.2, 0.25) is 0 Å². The van der Waals surface area contributed by atoms with Gasteiger partial charge in [0.1, 0.15) is 5.75 Å². The lowest BCUT2D eigenvalue weighted by atomic mass is 10.1. The van der Waals surface area contributed by atoms with Crippen LogP contribution in [0, 0.1) is 0 Å². The molecule has 0 fully saturated rings. The zero-order valence-electron chi connectivity index (χ0n) is 15.9. The number of phenolic OH excluding ortho intramolecular Hbond substituents is 1. The molecule has 3 rings (SSSR count). The molecule has 0 aliphatic carbocycles. The van der Waals surface area contributed by atoms with E-state index in [0.29, 0.717) is 16.8 Å². The van der Waals surface area contributed by atoms with Crippen molar-refractivity contribution >= 4 is 29.4 Å². The van der Waals surface area contributed by atoms with Gasteiger partial charge in [-0.15, -0.1) is 0 Å². The van der Waals surface area contributed by atoms with E-state index in [-0.39, 0.29) is 11.5 Å². The summed E-state index contributed by atoms with van der Waals surface area (Å²) in [5.41, 5.74) is 4.04. The Hall–Kier alpha value is -3.66. The highest BCUT2D eigenvalue weighted by Crippen LogP contribution is 2.18. The van der Waals surface area contributed by atoms with Crippen LogP contribution in [0.1, 0.15) is 21.5 Å². The first-order chi connectivity index (χ1) is 13.5. The quantitative estimate of drug-likeness (QED) is 0.373. The Bertz CT molecular complexity index is 1000. The molecule has 0 amide bonds. The van der Waals surface area contributed by atoms with Crippen molar-refractivity contribution in [1.29, 1.82) is 0 Å². The average Bonchev–Trinajstić information content (AvgIpc) is 2.72. The van der Waals surface area contributed by atoms with E-state index in [1.807, 2.05) is 55.4 Å². The maximum atomic E-state index is 12.4. The summed E-state index contributed by atoms with van der Waals surface area (Å²) in [5.74, 6) is 0.120. The Kier molecular flexibility index (Phi) is 6.02. The van der Waals surface area contributed by atoms with Crippen LogP contribution in [0.15, 0.2) is 83.9 Å². The number of hydrogen-bond acceptors (Lipinski definition) is 4. The molecular weight excluding hydrogens is 348 g/mol. The van der Waals surface area contributed by atoms with Gasteiger partial charge in [-0.2, -0.15) is 0 Å². The SMILES string of the molecule is CN(C)c1ccc(/C=C/C(=O)c2ccc(N=Cc3ccccc3O)cc2)cc1. The van der Waals surface area contributed by atoms with E-state index in [1.165, 1.54) is 0 Å². The van der Waals surface area contributed by atoms with Crippen LogP contribution < -0.4 is 4.90 Å². The molecule has 140 valence electrons. The molecule has 0 atom stereocenters. The second-order valence-corrected chi connectivity index (χ2v) is 6.55. The average molecular weight is 370 g/mol. The van der Waals surface area contributed by atoms with E-state index in [9.17, 15) is 9.90 Å². The lowest BCUT2D eigenvalue weighted by molar-refractivity contribution is 0.104. The predicted octanol–water partition coefficient (Wildman–Crippen LogP) is 5.10. The van der Waals surface area contributed by atoms with E-state index in [2.05, 4.69) is 4.99 Å². The van der Waals surface area contributed by atoms with Crippen molar-refractivity contribution in [2.45, 2.75) is 0 Å². The van der Waals surface area contributed by atoms with Crippen LogP contribution in [0.5, 0.6) is 5.75 Å². The molecule has 28 heavy (non-hydrogen) atoms. The number of benzene rings is 3. The molecule has 3 aromatic carbocycles. The Morgan fingerprint density at radius 1 is 0.929 bits per heavy atom. The Morgan fingerprint density at radius 2 is 1.61 bits per heavy atom. The van der Waals surface area contributed by atoms with Crippen LogP contribution in [-0.4, -0.2) is 31.2 Å². The minimum Gasteiger partial charge on any atom is -0.507 e. The van der Waals surface area contributed by atoms with E-state index >= 15 is 0 Å². The van der Waals surface area contributed by atoms with Gasteiger partial charge in [0.05, 0.1) is 5.69 Å². The number of nitrogens with zero attached hydrogens (tertiary/aromatic N) is 2. The highest BCUT2D eigenvalue weighted by Gasteiger charge is 2.02. The number of carbonyl (C=O) groups excluding carboxylic acids is 1. The number of anilines is 1. The number of para-hydroxylation sites is 1. The number of aromatic hydroxyl groups is 1. The normalized spacial score (nSPS) is 11.2. The molecule has 3 aromatic rings. The molecule has 0 unspecified atom stereocenters. The van der Waals surface area contributed by atoms with Crippen molar-refractivity contribution in [3.63, 3.8) is 0 Å². The second kappa shape index (κ2) is 8.82. The number of ketones is 1. The van der Waals surface area contributed by atoms with Crippen LogP contribution in [0.25, 0.3) is 6.08 Å². The highest BCUT2D eigenvalue weighted by atomic mass is 16.3. The van der Waals surface area contributed by atoms with Crippen LogP contribution in [0.3, 0.4) is 0 Å². The smallest absolute Gasteiger partial charge is 0.185 e. The fourth-order valence-electron chi connectivity index (χ4n) is 2.60. The third kappa shape index (κ3) is 4.95. The lowest BCUT2D eigenvalue weighted by Crippen LogP contribution is -2.07. The van der Waals surface area contributed by atoms with Gasteiger partial charge in [-0.3, -0.25) is 9.79 Å². The number of phenols is 1. The van der Waals surface area contributed by atoms with E-state index < -0.39 is 0 Å². The largest absolute Gasteiger partial charge is 0.507 e. The fraction of sp³-hybridized carbons (Fsp3) is 0.0833. The van der Waals surface area contributed by atoms with E-state index in [4.69, 9.17) is 0 Å². The zero-order chi connectivity index (χ0) is 19.9. The number of carbonyl (C=O) groups is 1. The van der Waals surface area contributed by atoms with Crippen LogP contribution in [0.4, 0.5) is 11.4 Å². The topological polar surface area (TPSA) is 52.9 Å². The molecule has 0 saturated heterocycles. The Morgan fingerprint density at radius 3 is 2.25 bits per heavy atom. The van der Waals surface area contributed by atoms with Crippen LogP contribution in [0.2, 0.25) is 0 Å². The van der Waals surface area contributed by atoms with Gasteiger partial charge >= 0.3 is 0 Å². The molecule has 0 saturated carbocycles. The summed E-state index contributed by atoms with van der Waals surface area (Å²) in [7, 11) is 3.98. The first kappa shape index (κ1) is 19.1. The molecule has 4 heteroatoms. The lowest BCUT2D eigenvalue weighted by Gasteiger charge is -2.11. The molecule has 0 aliphatic heterocycles. The van der Waals surface area contributed by atoms with Crippen molar-refractivity contribution in [2.75, 3.05) is 19.0 Å². The Balaban J connectivity index is 1.65. The minimum absolute atomic E-state index is 0.0621. The van der Waals surface area contributed by atoms with E-state index in [1.54, 1.807) is 54.8 Å². The number of aliphatic imine (C=N–C) groups is 1. The maximum absolute atomic E-state index is 12.4. The zero-order valence-corrected chi connectivity index (χ0v) is 15.9. The predicted molar refractivity (Wildman–Crippen MR) is 116 cm³/mol. The van der Waals surface area contributed by atoms with Gasteiger partial charge in [0.15, 0.2) is 5.78 Å². The van der Waals surface area contributed by atoms with Crippen molar-refractivity contribution in [2.24, 2.45) is 4.99 Å². The molecule has 1 N–H and O–H groups in total. The summed E-state index contributed by atoms with van der Waals surface area (Å²) in [5, 5.41) is 9.75. The second-order valence-electron chi connectivity index (χ2n) is 6.55. The van der Waals surface area contributed by atoms with Gasteiger partial charge in [0.25, 0.3) is 0 Å². The van der Waals surface area contributed by atoms with Gasteiger partial charge in [0, 0.05) is 37.1 Å². The molecule has 0 aromatic heterocycles. The van der Waals surface area contributed by atoms with Crippen LogP contribution >= 0.6 is 0 Å². The van der Waals surface area contributed by atoms with Crippen LogP contribution in [-0.2, 0) is 0 Å². The van der Waals surface area contributed by atoms with Gasteiger partial charge in [-0.25, -0.2) is 0 Å². The maximum Gasteiger partial charge on any atom is 0.185 e. The van der Waals surface area contributed by atoms with Crippen molar-refractivity contribution in [3.05, 3.63) is 95.6 Å². The Labute approximate surface area is 165 Å². The summed E-state index contributed by atoms with van der Waals surface area (Å²) in [6.45, 7) is 0. The number of rotatable bonds is 6. The molecule has 0 bridgehead atoms. The molecule has 0 heterocycles. The molecule has 0 aliphatic rings. The molecular formula is C24H22N2O2. The van der Waals surface area contributed by atoms with Gasteiger partial charge < -0.3 is 10.0 Å². The standard InChI is InChI=1S/C24H22N2O2/c1-26(2)22-14-7-18(8-15-22)9-16-24(28)19-10-12-21(13-11-19)25-17-20-5-3-4-6-23(20)27/h3-17,27H,1-2H3/b16-9+,25-17?.